The number of rotatable bonds is 5. The summed E-state index contributed by atoms with van der Waals surface area (Å²) in [6.45, 7) is 6.17. The molecule has 2 aromatic carbocycles. The highest BCUT2D eigenvalue weighted by Crippen LogP contribution is 2.32. The predicted octanol–water partition coefficient (Wildman–Crippen LogP) is 5.03. The fourth-order valence-electron chi connectivity index (χ4n) is 4.13. The van der Waals surface area contributed by atoms with Gasteiger partial charge in [-0.1, -0.05) is 6.07 Å². The van der Waals surface area contributed by atoms with Gasteiger partial charge in [0, 0.05) is 0 Å². The lowest BCUT2D eigenvalue weighted by atomic mass is 10.1. The Bertz CT molecular complexity index is 1600. The van der Waals surface area contributed by atoms with E-state index in [0.717, 1.165) is 16.7 Å². The lowest BCUT2D eigenvalue weighted by Crippen LogP contribution is -2.31. The van der Waals surface area contributed by atoms with E-state index >= 15 is 0 Å². The van der Waals surface area contributed by atoms with Crippen LogP contribution in [0, 0.1) is 18.3 Å². The van der Waals surface area contributed by atoms with Gasteiger partial charge in [-0.2, -0.15) is 23.5 Å². The van der Waals surface area contributed by atoms with Gasteiger partial charge in [-0.05, 0) is 76.2 Å². The number of alkyl halides is 3. The first-order valence-electron chi connectivity index (χ1n) is 11.6. The van der Waals surface area contributed by atoms with E-state index in [1.165, 1.54) is 27.6 Å². The summed E-state index contributed by atoms with van der Waals surface area (Å²) in [6, 6.07) is 14.6. The highest BCUT2D eigenvalue weighted by molar-refractivity contribution is 5.72. The van der Waals surface area contributed by atoms with Gasteiger partial charge in [0.15, 0.2) is 0 Å². The monoisotopic (exact) mass is 523 g/mol. The number of hydrogen-bond donors (Lipinski definition) is 0. The van der Waals surface area contributed by atoms with E-state index in [0.29, 0.717) is 22.6 Å². The molecule has 0 spiro atoms. The van der Waals surface area contributed by atoms with Gasteiger partial charge in [0.1, 0.15) is 12.1 Å². The highest BCUT2D eigenvalue weighted by atomic mass is 19.4. The van der Waals surface area contributed by atoms with Gasteiger partial charge in [-0.25, -0.2) is 9.48 Å². The maximum absolute atomic E-state index is 13.7. The van der Waals surface area contributed by atoms with Crippen molar-refractivity contribution < 1.29 is 22.7 Å². The van der Waals surface area contributed by atoms with Crippen molar-refractivity contribution in [1.29, 1.82) is 5.26 Å². The maximum Gasteiger partial charge on any atom is 0.416 e. The number of nitrogens with zero attached hydrogens (tertiary/aromatic N) is 5. The zero-order chi connectivity index (χ0) is 27.8. The van der Waals surface area contributed by atoms with Gasteiger partial charge in [0.2, 0.25) is 0 Å². The van der Waals surface area contributed by atoms with Gasteiger partial charge < -0.3 is 4.74 Å². The molecule has 0 aliphatic rings. The average molecular weight is 524 g/mol. The molecule has 0 radical (unpaired) electrons. The lowest BCUT2D eigenvalue weighted by Gasteiger charge is -2.20. The molecular weight excluding hydrogens is 499 g/mol. The van der Waals surface area contributed by atoms with Crippen LogP contribution in [0.3, 0.4) is 0 Å². The molecule has 0 saturated heterocycles. The molecule has 4 rings (SSSR count). The number of hydrogen-bond acceptors (Lipinski definition) is 5. The Kier molecular flexibility index (Phi) is 6.76. The van der Waals surface area contributed by atoms with Crippen molar-refractivity contribution in [2.24, 2.45) is 0 Å². The minimum atomic E-state index is -4.61. The summed E-state index contributed by atoms with van der Waals surface area (Å²) in [4.78, 5) is 26.4. The standard InChI is InChI=1S/C27H24F3N5O3/c1-17-24(22-12-13-32-35(22)20-10-8-18(15-31)9-11-20)33(16-23(36)38-26(2,3)4)25(37)34(17)21-7-5-6-19(14-21)27(28,29)30/h5-14H,16H2,1-4H3. The molecule has 0 saturated carbocycles. The van der Waals surface area contributed by atoms with Crippen LogP contribution in [-0.4, -0.2) is 30.5 Å². The molecule has 2 heterocycles. The summed E-state index contributed by atoms with van der Waals surface area (Å²) in [5.41, 5.74) is -0.435. The largest absolute Gasteiger partial charge is 0.459 e. The van der Waals surface area contributed by atoms with Crippen molar-refractivity contribution >= 4 is 5.97 Å². The van der Waals surface area contributed by atoms with Crippen LogP contribution in [0.15, 0.2) is 65.6 Å². The van der Waals surface area contributed by atoms with Crippen LogP contribution in [0.25, 0.3) is 22.8 Å². The van der Waals surface area contributed by atoms with Crippen LogP contribution in [-0.2, 0) is 22.3 Å². The molecule has 4 aromatic rings. The molecule has 2 aromatic heterocycles. The second kappa shape index (κ2) is 9.70. The molecule has 8 nitrogen and oxygen atoms in total. The predicted molar refractivity (Wildman–Crippen MR) is 133 cm³/mol. The molecule has 0 aliphatic heterocycles. The third-order valence-corrected chi connectivity index (χ3v) is 5.64. The SMILES string of the molecule is Cc1c(-c2ccnn2-c2ccc(C#N)cc2)n(CC(=O)OC(C)(C)C)c(=O)n1-c1cccc(C(F)(F)F)c1. The van der Waals surface area contributed by atoms with Crippen LogP contribution in [0.1, 0.15) is 37.6 Å². The Morgan fingerprint density at radius 2 is 1.74 bits per heavy atom. The fraction of sp³-hybridized carbons (Fsp3) is 0.259. The molecule has 0 amide bonds. The number of ether oxygens (including phenoxy) is 1. The van der Waals surface area contributed by atoms with E-state index in [4.69, 9.17) is 10.00 Å². The van der Waals surface area contributed by atoms with E-state index in [-0.39, 0.29) is 11.4 Å². The minimum absolute atomic E-state index is 0.00375. The second-order valence-corrected chi connectivity index (χ2v) is 9.56. The molecular formula is C27H24F3N5O3. The molecule has 196 valence electrons. The van der Waals surface area contributed by atoms with Crippen LogP contribution in [0.5, 0.6) is 0 Å². The van der Waals surface area contributed by atoms with Gasteiger partial charge in [-0.3, -0.25) is 13.9 Å². The summed E-state index contributed by atoms with van der Waals surface area (Å²) in [5, 5.41) is 13.5. The second-order valence-electron chi connectivity index (χ2n) is 9.56. The smallest absolute Gasteiger partial charge is 0.416 e. The van der Waals surface area contributed by atoms with Gasteiger partial charge in [0.05, 0.1) is 51.8 Å². The van der Waals surface area contributed by atoms with Crippen LogP contribution in [0.2, 0.25) is 0 Å². The van der Waals surface area contributed by atoms with Gasteiger partial charge in [-0.15, -0.1) is 0 Å². The molecule has 0 aliphatic carbocycles. The summed E-state index contributed by atoms with van der Waals surface area (Å²) in [5.74, 6) is -0.688. The number of carbonyl (C=O) groups is 1. The van der Waals surface area contributed by atoms with E-state index < -0.39 is 35.5 Å². The average Bonchev–Trinajstić information content (AvgIpc) is 3.40. The molecule has 11 heteroatoms. The molecule has 0 fully saturated rings. The summed E-state index contributed by atoms with van der Waals surface area (Å²) >= 11 is 0. The molecule has 0 bridgehead atoms. The van der Waals surface area contributed by atoms with Crippen LogP contribution < -0.4 is 5.69 Å². The Morgan fingerprint density at radius 3 is 2.34 bits per heavy atom. The maximum atomic E-state index is 13.7. The van der Waals surface area contributed by atoms with Crippen LogP contribution in [0.4, 0.5) is 13.2 Å². The summed E-state index contributed by atoms with van der Waals surface area (Å²) < 4.78 is 49.5. The first kappa shape index (κ1) is 26.5. The van der Waals surface area contributed by atoms with Crippen molar-refractivity contribution in [3.8, 4) is 28.8 Å². The molecule has 0 N–H and O–H groups in total. The number of halogens is 3. The van der Waals surface area contributed by atoms with E-state index in [1.807, 2.05) is 6.07 Å². The number of imidazole rings is 1. The van der Waals surface area contributed by atoms with Crippen LogP contribution >= 0.6 is 0 Å². The molecule has 38 heavy (non-hydrogen) atoms. The quantitative estimate of drug-likeness (QED) is 0.342. The number of aromatic nitrogens is 4. The van der Waals surface area contributed by atoms with E-state index in [9.17, 15) is 22.8 Å². The fourth-order valence-corrected chi connectivity index (χ4v) is 4.13. The molecule has 0 atom stereocenters. The van der Waals surface area contributed by atoms with Crippen molar-refractivity contribution in [3.05, 3.63) is 88.1 Å². The molecule has 0 unspecified atom stereocenters. The van der Waals surface area contributed by atoms with Gasteiger partial charge in [0.25, 0.3) is 0 Å². The van der Waals surface area contributed by atoms with Crippen molar-refractivity contribution in [2.75, 3.05) is 0 Å². The van der Waals surface area contributed by atoms with Crippen molar-refractivity contribution in [3.63, 3.8) is 0 Å². The normalized spacial score (nSPS) is 11.8. The lowest BCUT2D eigenvalue weighted by molar-refractivity contribution is -0.155. The number of carbonyl (C=O) groups excluding carboxylic acids is 1. The minimum Gasteiger partial charge on any atom is -0.459 e. The first-order chi connectivity index (χ1) is 17.8. The summed E-state index contributed by atoms with van der Waals surface area (Å²) in [6.07, 6.45) is -3.11. The number of nitriles is 1. The highest BCUT2D eigenvalue weighted by Gasteiger charge is 2.32. The number of benzene rings is 2. The van der Waals surface area contributed by atoms with Gasteiger partial charge >= 0.3 is 17.8 Å². The third-order valence-electron chi connectivity index (χ3n) is 5.64. The first-order valence-corrected chi connectivity index (χ1v) is 11.6. The Balaban J connectivity index is 1.94. The zero-order valence-corrected chi connectivity index (χ0v) is 21.1. The zero-order valence-electron chi connectivity index (χ0n) is 21.1. The van der Waals surface area contributed by atoms with Crippen molar-refractivity contribution in [1.82, 2.24) is 18.9 Å². The third kappa shape index (κ3) is 5.25. The topological polar surface area (TPSA) is 94.8 Å². The Morgan fingerprint density at radius 1 is 1.05 bits per heavy atom. The summed E-state index contributed by atoms with van der Waals surface area (Å²) in [7, 11) is 0. The number of esters is 1. The van der Waals surface area contributed by atoms with Crippen molar-refractivity contribution in [2.45, 2.75) is 46.0 Å². The Hall–Kier alpha value is -4.59. The van der Waals surface area contributed by atoms with E-state index in [1.54, 1.807) is 58.0 Å². The van der Waals surface area contributed by atoms with E-state index in [2.05, 4.69) is 5.10 Å². The Labute approximate surface area is 216 Å².